The molecule has 3 heteroatoms. The summed E-state index contributed by atoms with van der Waals surface area (Å²) in [6.45, 7) is 10.1. The summed E-state index contributed by atoms with van der Waals surface area (Å²) in [5, 5.41) is 5.71. The van der Waals surface area contributed by atoms with Crippen molar-refractivity contribution >= 4 is 5.91 Å². The van der Waals surface area contributed by atoms with Gasteiger partial charge in [0.2, 0.25) is 5.91 Å². The first-order chi connectivity index (χ1) is 5.88. The highest BCUT2D eigenvalue weighted by atomic mass is 16.1. The Morgan fingerprint density at radius 2 is 1.92 bits per heavy atom. The molecule has 0 fully saturated rings. The van der Waals surface area contributed by atoms with Crippen LogP contribution in [-0.4, -0.2) is 26.0 Å². The molecular weight excluding hydrogens is 164 g/mol. The van der Waals surface area contributed by atoms with Gasteiger partial charge in [-0.25, -0.2) is 0 Å². The van der Waals surface area contributed by atoms with Gasteiger partial charge in [-0.1, -0.05) is 27.7 Å². The maximum Gasteiger partial charge on any atom is 0.233 e. The van der Waals surface area contributed by atoms with Crippen molar-refractivity contribution in [1.82, 2.24) is 10.6 Å². The molecule has 0 aliphatic rings. The number of carbonyl (C=O) groups excluding carboxylic acids is 1. The van der Waals surface area contributed by atoms with Crippen molar-refractivity contribution in [1.29, 1.82) is 0 Å². The summed E-state index contributed by atoms with van der Waals surface area (Å²) in [7, 11) is 1.65. The minimum Gasteiger partial charge on any atom is -0.358 e. The molecule has 0 saturated carbocycles. The van der Waals surface area contributed by atoms with E-state index in [2.05, 4.69) is 38.3 Å². The van der Waals surface area contributed by atoms with Gasteiger partial charge in [0.1, 0.15) is 0 Å². The lowest BCUT2D eigenvalue weighted by Gasteiger charge is -2.27. The molecule has 13 heavy (non-hydrogen) atoms. The first kappa shape index (κ1) is 12.4. The Morgan fingerprint density at radius 3 is 2.31 bits per heavy atom. The summed E-state index contributed by atoms with van der Waals surface area (Å²) < 4.78 is 0. The molecule has 0 radical (unpaired) electrons. The second-order valence-electron chi connectivity index (χ2n) is 4.57. The quantitative estimate of drug-likeness (QED) is 0.688. The standard InChI is InChI=1S/C10H22N2O/c1-8(10(2,3)4)6-12-7-9(13)11-5/h8,12H,6-7H2,1-5H3,(H,11,13). The Bertz CT molecular complexity index is 161. The van der Waals surface area contributed by atoms with Gasteiger partial charge in [0.15, 0.2) is 0 Å². The molecule has 0 aromatic rings. The van der Waals surface area contributed by atoms with E-state index in [9.17, 15) is 4.79 Å². The second-order valence-corrected chi connectivity index (χ2v) is 4.57. The predicted molar refractivity (Wildman–Crippen MR) is 55.6 cm³/mol. The molecule has 1 atom stereocenters. The van der Waals surface area contributed by atoms with Gasteiger partial charge in [0.05, 0.1) is 6.54 Å². The summed E-state index contributed by atoms with van der Waals surface area (Å²) in [5.41, 5.74) is 0.301. The van der Waals surface area contributed by atoms with Crippen LogP contribution in [-0.2, 0) is 4.79 Å². The van der Waals surface area contributed by atoms with Crippen molar-refractivity contribution in [2.24, 2.45) is 11.3 Å². The van der Waals surface area contributed by atoms with E-state index in [4.69, 9.17) is 0 Å². The van der Waals surface area contributed by atoms with Crippen molar-refractivity contribution in [3.63, 3.8) is 0 Å². The largest absolute Gasteiger partial charge is 0.358 e. The zero-order valence-electron chi connectivity index (χ0n) is 9.40. The average molecular weight is 186 g/mol. The third-order valence-electron chi connectivity index (χ3n) is 2.49. The van der Waals surface area contributed by atoms with Crippen LogP contribution in [0.1, 0.15) is 27.7 Å². The van der Waals surface area contributed by atoms with E-state index in [-0.39, 0.29) is 5.91 Å². The number of likely N-dealkylation sites (N-methyl/N-ethyl adjacent to an activating group) is 1. The topological polar surface area (TPSA) is 41.1 Å². The van der Waals surface area contributed by atoms with Gasteiger partial charge in [-0.05, 0) is 17.9 Å². The van der Waals surface area contributed by atoms with Crippen molar-refractivity contribution in [3.8, 4) is 0 Å². The molecule has 3 nitrogen and oxygen atoms in total. The lowest BCUT2D eigenvalue weighted by Crippen LogP contribution is -2.36. The van der Waals surface area contributed by atoms with Gasteiger partial charge in [-0.15, -0.1) is 0 Å². The van der Waals surface area contributed by atoms with E-state index in [1.54, 1.807) is 7.05 Å². The summed E-state index contributed by atoms with van der Waals surface area (Å²) in [6.07, 6.45) is 0. The van der Waals surface area contributed by atoms with E-state index >= 15 is 0 Å². The number of amides is 1. The number of rotatable bonds is 4. The van der Waals surface area contributed by atoms with Gasteiger partial charge in [-0.3, -0.25) is 4.79 Å². The highest BCUT2D eigenvalue weighted by Crippen LogP contribution is 2.24. The normalized spacial score (nSPS) is 13.9. The molecule has 1 unspecified atom stereocenters. The molecule has 2 N–H and O–H groups in total. The fourth-order valence-electron chi connectivity index (χ4n) is 0.797. The van der Waals surface area contributed by atoms with Crippen molar-refractivity contribution in [3.05, 3.63) is 0 Å². The summed E-state index contributed by atoms with van der Waals surface area (Å²) in [6, 6.07) is 0. The van der Waals surface area contributed by atoms with Crippen LogP contribution < -0.4 is 10.6 Å². The highest BCUT2D eigenvalue weighted by Gasteiger charge is 2.19. The van der Waals surface area contributed by atoms with Crippen molar-refractivity contribution in [2.45, 2.75) is 27.7 Å². The third kappa shape index (κ3) is 5.64. The van der Waals surface area contributed by atoms with Gasteiger partial charge < -0.3 is 10.6 Å². The van der Waals surface area contributed by atoms with Gasteiger partial charge >= 0.3 is 0 Å². The molecule has 0 aromatic carbocycles. The highest BCUT2D eigenvalue weighted by molar-refractivity contribution is 5.77. The van der Waals surface area contributed by atoms with Crippen LogP contribution in [0.2, 0.25) is 0 Å². The van der Waals surface area contributed by atoms with Crippen molar-refractivity contribution in [2.75, 3.05) is 20.1 Å². The van der Waals surface area contributed by atoms with Crippen LogP contribution in [0.3, 0.4) is 0 Å². The van der Waals surface area contributed by atoms with Crippen LogP contribution in [0.15, 0.2) is 0 Å². The third-order valence-corrected chi connectivity index (χ3v) is 2.49. The fourth-order valence-corrected chi connectivity index (χ4v) is 0.797. The van der Waals surface area contributed by atoms with E-state index in [0.717, 1.165) is 6.54 Å². The SMILES string of the molecule is CNC(=O)CNCC(C)C(C)(C)C. The average Bonchev–Trinajstić information content (AvgIpc) is 2.02. The molecule has 78 valence electrons. The maximum atomic E-state index is 10.9. The Kier molecular flexibility index (Phi) is 4.99. The minimum atomic E-state index is 0.0427. The van der Waals surface area contributed by atoms with Crippen molar-refractivity contribution < 1.29 is 4.79 Å². The van der Waals surface area contributed by atoms with Crippen LogP contribution in [0.4, 0.5) is 0 Å². The molecule has 1 amide bonds. The van der Waals surface area contributed by atoms with Gasteiger partial charge in [0, 0.05) is 7.05 Å². The molecule has 0 rings (SSSR count). The lowest BCUT2D eigenvalue weighted by molar-refractivity contribution is -0.119. The lowest BCUT2D eigenvalue weighted by atomic mass is 9.82. The molecule has 0 aliphatic carbocycles. The Morgan fingerprint density at radius 1 is 1.38 bits per heavy atom. The number of hydrogen-bond acceptors (Lipinski definition) is 2. The Labute approximate surface area is 81.3 Å². The number of hydrogen-bond donors (Lipinski definition) is 2. The smallest absolute Gasteiger partial charge is 0.233 e. The van der Waals surface area contributed by atoms with Crippen LogP contribution in [0.25, 0.3) is 0 Å². The second kappa shape index (κ2) is 5.22. The van der Waals surface area contributed by atoms with Gasteiger partial charge in [-0.2, -0.15) is 0 Å². The fraction of sp³-hybridized carbons (Fsp3) is 0.900. The first-order valence-electron chi connectivity index (χ1n) is 4.79. The van der Waals surface area contributed by atoms with Crippen LogP contribution >= 0.6 is 0 Å². The molecule has 0 saturated heterocycles. The maximum absolute atomic E-state index is 10.9. The monoisotopic (exact) mass is 186 g/mol. The molecule has 0 aliphatic heterocycles. The number of nitrogens with one attached hydrogen (secondary N) is 2. The molecular formula is C10H22N2O. The van der Waals surface area contributed by atoms with E-state index in [1.807, 2.05) is 0 Å². The Hall–Kier alpha value is -0.570. The predicted octanol–water partition coefficient (Wildman–Crippen LogP) is 1.00. The van der Waals surface area contributed by atoms with E-state index in [0.29, 0.717) is 17.9 Å². The minimum absolute atomic E-state index is 0.0427. The summed E-state index contributed by atoms with van der Waals surface area (Å²) >= 11 is 0. The zero-order valence-corrected chi connectivity index (χ0v) is 9.40. The summed E-state index contributed by atoms with van der Waals surface area (Å²) in [5.74, 6) is 0.610. The molecule has 0 spiro atoms. The Balaban J connectivity index is 3.60. The van der Waals surface area contributed by atoms with E-state index in [1.165, 1.54) is 0 Å². The van der Waals surface area contributed by atoms with Crippen LogP contribution in [0.5, 0.6) is 0 Å². The zero-order chi connectivity index (χ0) is 10.5. The first-order valence-corrected chi connectivity index (χ1v) is 4.79. The number of carbonyl (C=O) groups is 1. The summed E-state index contributed by atoms with van der Waals surface area (Å²) in [4.78, 5) is 10.9. The van der Waals surface area contributed by atoms with Gasteiger partial charge in [0.25, 0.3) is 0 Å². The van der Waals surface area contributed by atoms with E-state index < -0.39 is 0 Å². The molecule has 0 bridgehead atoms. The molecule has 0 aromatic heterocycles. The van der Waals surface area contributed by atoms with Crippen LogP contribution in [0, 0.1) is 11.3 Å². The molecule has 0 heterocycles.